The maximum Gasteiger partial charge on any atom is 0.145 e. The summed E-state index contributed by atoms with van der Waals surface area (Å²) in [5, 5.41) is 8.27. The number of thioether (sulfide) groups is 2. The number of rotatable bonds is 3. The van der Waals surface area contributed by atoms with Gasteiger partial charge in [0.15, 0.2) is 0 Å². The molecule has 2 atom stereocenters. The molecule has 3 rings (SSSR count). The maximum atomic E-state index is 4.80. The maximum absolute atomic E-state index is 4.80. The van der Waals surface area contributed by atoms with Gasteiger partial charge in [-0.2, -0.15) is 16.9 Å². The summed E-state index contributed by atoms with van der Waals surface area (Å²) in [5.41, 5.74) is 1.96. The highest BCUT2D eigenvalue weighted by molar-refractivity contribution is 8.06. The Labute approximate surface area is 133 Å². The first kappa shape index (κ1) is 14.7. The molecule has 2 aromatic heterocycles. The van der Waals surface area contributed by atoms with Gasteiger partial charge in [-0.25, -0.2) is 9.97 Å². The molecule has 2 aromatic rings. The third-order valence-electron chi connectivity index (χ3n) is 3.44. The van der Waals surface area contributed by atoms with E-state index in [9.17, 15) is 0 Å². The van der Waals surface area contributed by atoms with E-state index in [-0.39, 0.29) is 0 Å². The Bertz CT molecular complexity index is 628. The van der Waals surface area contributed by atoms with Crippen LogP contribution in [0.5, 0.6) is 0 Å². The van der Waals surface area contributed by atoms with Gasteiger partial charge in [0.25, 0.3) is 0 Å². The van der Waals surface area contributed by atoms with Crippen LogP contribution in [0.4, 0.5) is 5.82 Å². The molecule has 2 unspecified atom stereocenters. The zero-order valence-electron chi connectivity index (χ0n) is 12.4. The van der Waals surface area contributed by atoms with Crippen molar-refractivity contribution in [2.45, 2.75) is 17.4 Å². The van der Waals surface area contributed by atoms with Gasteiger partial charge in [-0.1, -0.05) is 6.92 Å². The summed E-state index contributed by atoms with van der Waals surface area (Å²) >= 11 is 3.96. The molecule has 1 aliphatic rings. The Morgan fingerprint density at radius 2 is 2.10 bits per heavy atom. The monoisotopic (exact) mass is 321 g/mol. The van der Waals surface area contributed by atoms with Crippen molar-refractivity contribution < 1.29 is 0 Å². The van der Waals surface area contributed by atoms with E-state index in [2.05, 4.69) is 22.3 Å². The molecule has 0 aliphatic carbocycles. The minimum Gasteiger partial charge on any atom is -0.373 e. The van der Waals surface area contributed by atoms with Crippen LogP contribution in [0.3, 0.4) is 0 Å². The molecule has 1 fully saturated rings. The SMILES string of the molecule is CNc1cc(-c2cnn(C)c2)nc(C2SCCSC2C)n1. The molecule has 0 radical (unpaired) electrons. The molecule has 5 nitrogen and oxygen atoms in total. The quantitative estimate of drug-likeness (QED) is 0.938. The molecule has 1 aliphatic heterocycles. The predicted octanol–water partition coefficient (Wildman–Crippen LogP) is 2.83. The molecule has 1 N–H and O–H groups in total. The Hall–Kier alpha value is -1.21. The highest BCUT2D eigenvalue weighted by atomic mass is 32.2. The van der Waals surface area contributed by atoms with Crippen LogP contribution in [0.15, 0.2) is 18.5 Å². The molecule has 7 heteroatoms. The lowest BCUT2D eigenvalue weighted by Gasteiger charge is -2.27. The van der Waals surface area contributed by atoms with Crippen molar-refractivity contribution in [1.29, 1.82) is 0 Å². The lowest BCUT2D eigenvalue weighted by Crippen LogP contribution is -2.18. The lowest BCUT2D eigenvalue weighted by molar-refractivity contribution is 0.768. The minimum atomic E-state index is 0.354. The largest absolute Gasteiger partial charge is 0.373 e. The average molecular weight is 321 g/mol. The van der Waals surface area contributed by atoms with Gasteiger partial charge in [0.2, 0.25) is 0 Å². The van der Waals surface area contributed by atoms with Gasteiger partial charge >= 0.3 is 0 Å². The van der Waals surface area contributed by atoms with E-state index in [1.165, 1.54) is 5.75 Å². The van der Waals surface area contributed by atoms with E-state index in [1.807, 2.05) is 56.1 Å². The zero-order valence-corrected chi connectivity index (χ0v) is 14.0. The molecule has 21 heavy (non-hydrogen) atoms. The Morgan fingerprint density at radius 1 is 1.29 bits per heavy atom. The first-order valence-corrected chi connectivity index (χ1v) is 9.06. The average Bonchev–Trinajstić information content (AvgIpc) is 2.94. The highest BCUT2D eigenvalue weighted by Crippen LogP contribution is 2.41. The van der Waals surface area contributed by atoms with Crippen molar-refractivity contribution in [1.82, 2.24) is 19.7 Å². The van der Waals surface area contributed by atoms with Crippen molar-refractivity contribution in [2.24, 2.45) is 7.05 Å². The Balaban J connectivity index is 2.00. The second-order valence-corrected chi connectivity index (χ2v) is 7.75. The Kier molecular flexibility index (Phi) is 4.40. The van der Waals surface area contributed by atoms with Crippen LogP contribution in [0, 0.1) is 0 Å². The molecular weight excluding hydrogens is 302 g/mol. The van der Waals surface area contributed by atoms with Crippen LogP contribution in [-0.2, 0) is 7.05 Å². The summed E-state index contributed by atoms with van der Waals surface area (Å²) in [6.45, 7) is 2.26. The van der Waals surface area contributed by atoms with Gasteiger partial charge in [0.05, 0.1) is 17.1 Å². The highest BCUT2D eigenvalue weighted by Gasteiger charge is 2.27. The van der Waals surface area contributed by atoms with E-state index >= 15 is 0 Å². The smallest absolute Gasteiger partial charge is 0.145 e. The van der Waals surface area contributed by atoms with Crippen molar-refractivity contribution in [3.05, 3.63) is 24.3 Å². The van der Waals surface area contributed by atoms with Crippen LogP contribution in [-0.4, -0.2) is 43.6 Å². The van der Waals surface area contributed by atoms with Crippen molar-refractivity contribution in [2.75, 3.05) is 23.9 Å². The summed E-state index contributed by atoms with van der Waals surface area (Å²) < 4.78 is 1.80. The van der Waals surface area contributed by atoms with Crippen LogP contribution in [0.2, 0.25) is 0 Å². The van der Waals surface area contributed by atoms with E-state index in [0.717, 1.165) is 28.7 Å². The van der Waals surface area contributed by atoms with Crippen LogP contribution in [0.1, 0.15) is 18.0 Å². The van der Waals surface area contributed by atoms with Gasteiger partial charge in [-0.05, 0) is 0 Å². The van der Waals surface area contributed by atoms with Crippen LogP contribution in [0.25, 0.3) is 11.3 Å². The first-order chi connectivity index (χ1) is 10.2. The van der Waals surface area contributed by atoms with E-state index in [0.29, 0.717) is 10.5 Å². The van der Waals surface area contributed by atoms with E-state index in [4.69, 9.17) is 4.98 Å². The van der Waals surface area contributed by atoms with Gasteiger partial charge in [0, 0.05) is 48.7 Å². The molecule has 0 spiro atoms. The number of nitrogens with zero attached hydrogens (tertiary/aromatic N) is 4. The van der Waals surface area contributed by atoms with Gasteiger partial charge in [0.1, 0.15) is 11.6 Å². The molecule has 3 heterocycles. The fourth-order valence-corrected chi connectivity index (χ4v) is 5.03. The van der Waals surface area contributed by atoms with Gasteiger partial charge < -0.3 is 5.32 Å². The molecule has 0 bridgehead atoms. The topological polar surface area (TPSA) is 55.6 Å². The number of hydrogen-bond donors (Lipinski definition) is 1. The number of aromatic nitrogens is 4. The lowest BCUT2D eigenvalue weighted by atomic mass is 10.2. The first-order valence-electron chi connectivity index (χ1n) is 6.96. The third-order valence-corrected chi connectivity index (χ3v) is 6.53. The molecule has 0 amide bonds. The van der Waals surface area contributed by atoms with Crippen molar-refractivity contribution >= 4 is 29.3 Å². The summed E-state index contributed by atoms with van der Waals surface area (Å²) in [5.74, 6) is 4.16. The minimum absolute atomic E-state index is 0.354. The van der Waals surface area contributed by atoms with Crippen LogP contribution >= 0.6 is 23.5 Å². The van der Waals surface area contributed by atoms with E-state index in [1.54, 1.807) is 4.68 Å². The van der Waals surface area contributed by atoms with Gasteiger partial charge in [-0.15, -0.1) is 11.8 Å². The zero-order chi connectivity index (χ0) is 14.8. The molecular formula is C14H19N5S2. The number of hydrogen-bond acceptors (Lipinski definition) is 6. The molecule has 0 aromatic carbocycles. The van der Waals surface area contributed by atoms with E-state index < -0.39 is 0 Å². The number of nitrogens with one attached hydrogen (secondary N) is 1. The normalized spacial score (nSPS) is 22.2. The predicted molar refractivity (Wildman–Crippen MR) is 90.9 cm³/mol. The summed E-state index contributed by atoms with van der Waals surface area (Å²) in [6.07, 6.45) is 3.83. The molecule has 112 valence electrons. The Morgan fingerprint density at radius 3 is 2.76 bits per heavy atom. The summed E-state index contributed by atoms with van der Waals surface area (Å²) in [6, 6.07) is 1.98. The van der Waals surface area contributed by atoms with Gasteiger partial charge in [-0.3, -0.25) is 4.68 Å². The van der Waals surface area contributed by atoms with Crippen molar-refractivity contribution in [3.8, 4) is 11.3 Å². The number of aryl methyl sites for hydroxylation is 1. The second kappa shape index (κ2) is 6.27. The molecule has 0 saturated carbocycles. The standard InChI is InChI=1S/C14H19N5S2/c1-9-13(21-5-4-20-9)14-17-11(6-12(15-2)18-14)10-7-16-19(3)8-10/h6-9,13H,4-5H2,1-3H3,(H,15,17,18). The summed E-state index contributed by atoms with van der Waals surface area (Å²) in [7, 11) is 3.81. The fraction of sp³-hybridized carbons (Fsp3) is 0.500. The summed E-state index contributed by atoms with van der Waals surface area (Å²) in [4.78, 5) is 9.48. The number of anilines is 1. The van der Waals surface area contributed by atoms with Crippen molar-refractivity contribution in [3.63, 3.8) is 0 Å². The molecule has 1 saturated heterocycles. The third kappa shape index (κ3) is 3.18. The second-order valence-electron chi connectivity index (χ2n) is 5.02. The fourth-order valence-electron chi connectivity index (χ4n) is 2.34. The van der Waals surface area contributed by atoms with Crippen LogP contribution < -0.4 is 5.32 Å².